The van der Waals surface area contributed by atoms with E-state index < -0.39 is 6.10 Å². The first-order valence-electron chi connectivity index (χ1n) is 6.31. The molecule has 2 unspecified atom stereocenters. The number of nitrogens with zero attached hydrogens (tertiary/aromatic N) is 2. The number of rotatable bonds is 4. The van der Waals surface area contributed by atoms with Gasteiger partial charge in [0.2, 0.25) is 11.7 Å². The van der Waals surface area contributed by atoms with E-state index in [4.69, 9.17) is 4.52 Å². The maximum absolute atomic E-state index is 13.1. The molecule has 19 heavy (non-hydrogen) atoms. The molecule has 0 saturated carbocycles. The monoisotopic (exact) mass is 264 g/mol. The molecule has 0 aliphatic rings. The van der Waals surface area contributed by atoms with E-state index in [0.717, 1.165) is 11.1 Å². The molecule has 5 heteroatoms. The van der Waals surface area contributed by atoms with E-state index in [1.54, 1.807) is 19.9 Å². The first kappa shape index (κ1) is 13.7. The summed E-state index contributed by atoms with van der Waals surface area (Å²) in [7, 11) is 0. The number of hydrogen-bond acceptors (Lipinski definition) is 4. The second-order valence-electron chi connectivity index (χ2n) is 4.67. The zero-order chi connectivity index (χ0) is 14.0. The smallest absolute Gasteiger partial charge is 0.232 e. The highest BCUT2D eigenvalue weighted by Gasteiger charge is 2.22. The molecule has 1 aromatic carbocycles. The Morgan fingerprint density at radius 3 is 2.74 bits per heavy atom. The van der Waals surface area contributed by atoms with Gasteiger partial charge in [0.05, 0.1) is 12.0 Å². The highest BCUT2D eigenvalue weighted by atomic mass is 19.1. The Labute approximate surface area is 111 Å². The lowest BCUT2D eigenvalue weighted by molar-refractivity contribution is 0.141. The van der Waals surface area contributed by atoms with Crippen molar-refractivity contribution in [3.8, 4) is 11.4 Å². The molecule has 2 rings (SSSR count). The van der Waals surface area contributed by atoms with Crippen molar-refractivity contribution in [2.75, 3.05) is 0 Å². The Kier molecular flexibility index (Phi) is 3.95. The van der Waals surface area contributed by atoms with Crippen LogP contribution in [0.4, 0.5) is 4.39 Å². The van der Waals surface area contributed by atoms with Crippen LogP contribution in [0.1, 0.15) is 37.6 Å². The fourth-order valence-corrected chi connectivity index (χ4v) is 2.10. The number of aromatic nitrogens is 2. The fourth-order valence-electron chi connectivity index (χ4n) is 2.10. The molecule has 1 heterocycles. The van der Waals surface area contributed by atoms with Crippen LogP contribution in [0.3, 0.4) is 0 Å². The second kappa shape index (κ2) is 5.48. The zero-order valence-electron chi connectivity index (χ0n) is 11.2. The molecule has 0 radical (unpaired) electrons. The Bertz CT molecular complexity index is 566. The predicted octanol–water partition coefficient (Wildman–Crippen LogP) is 3.06. The van der Waals surface area contributed by atoms with Crippen LogP contribution in [-0.2, 0) is 0 Å². The van der Waals surface area contributed by atoms with Crippen molar-refractivity contribution in [3.63, 3.8) is 0 Å². The molecular weight excluding hydrogens is 247 g/mol. The lowest BCUT2D eigenvalue weighted by atomic mass is 10.0. The van der Waals surface area contributed by atoms with Crippen molar-refractivity contribution >= 4 is 0 Å². The molecule has 0 amide bonds. The van der Waals surface area contributed by atoms with Gasteiger partial charge in [-0.3, -0.25) is 0 Å². The molecule has 1 aromatic heterocycles. The quantitative estimate of drug-likeness (QED) is 0.922. The summed E-state index contributed by atoms with van der Waals surface area (Å²) in [4.78, 5) is 4.30. The number of hydrogen-bond donors (Lipinski definition) is 1. The molecule has 4 nitrogen and oxygen atoms in total. The number of benzene rings is 1. The molecule has 0 fully saturated rings. The molecule has 1 N–H and O–H groups in total. The van der Waals surface area contributed by atoms with Gasteiger partial charge in [-0.2, -0.15) is 4.98 Å². The summed E-state index contributed by atoms with van der Waals surface area (Å²) >= 11 is 0. The van der Waals surface area contributed by atoms with Crippen molar-refractivity contribution in [1.29, 1.82) is 0 Å². The van der Waals surface area contributed by atoms with Crippen LogP contribution in [0.5, 0.6) is 0 Å². The lowest BCUT2D eigenvalue weighted by Crippen LogP contribution is -2.14. The molecule has 0 aliphatic carbocycles. The third-order valence-electron chi connectivity index (χ3n) is 3.21. The van der Waals surface area contributed by atoms with Gasteiger partial charge in [-0.05, 0) is 44.0 Å². The maximum Gasteiger partial charge on any atom is 0.232 e. The number of aliphatic hydroxyl groups is 1. The van der Waals surface area contributed by atoms with E-state index in [0.29, 0.717) is 18.1 Å². The number of aliphatic hydroxyl groups excluding tert-OH is 1. The minimum atomic E-state index is -0.549. The summed E-state index contributed by atoms with van der Waals surface area (Å²) in [6, 6.07) is 4.42. The minimum absolute atomic E-state index is 0.179. The number of aryl methyl sites for hydroxylation is 1. The van der Waals surface area contributed by atoms with Gasteiger partial charge in [-0.25, -0.2) is 4.39 Å². The van der Waals surface area contributed by atoms with Crippen LogP contribution in [0.15, 0.2) is 22.7 Å². The fraction of sp³-hybridized carbons (Fsp3) is 0.429. The Morgan fingerprint density at radius 2 is 2.16 bits per heavy atom. The van der Waals surface area contributed by atoms with Gasteiger partial charge in [-0.15, -0.1) is 0 Å². The Hall–Kier alpha value is -1.75. The van der Waals surface area contributed by atoms with E-state index in [2.05, 4.69) is 10.1 Å². The van der Waals surface area contributed by atoms with Crippen LogP contribution >= 0.6 is 0 Å². The van der Waals surface area contributed by atoms with Gasteiger partial charge in [0.15, 0.2) is 0 Å². The molecule has 102 valence electrons. The standard InChI is InChI=1S/C14H17FN2O2/c1-4-11(9(3)18)14-16-13(17-19-14)12-6-5-10(15)7-8(12)2/h5-7,9,11,18H,4H2,1-3H3. The lowest BCUT2D eigenvalue weighted by Gasteiger charge is -2.12. The third-order valence-corrected chi connectivity index (χ3v) is 3.21. The summed E-state index contributed by atoms with van der Waals surface area (Å²) in [6.45, 7) is 5.44. The van der Waals surface area contributed by atoms with Crippen LogP contribution < -0.4 is 0 Å². The normalized spacial score (nSPS) is 14.4. The van der Waals surface area contributed by atoms with Crippen molar-refractivity contribution in [3.05, 3.63) is 35.5 Å². The Morgan fingerprint density at radius 1 is 1.42 bits per heavy atom. The van der Waals surface area contributed by atoms with Crippen LogP contribution in [0.25, 0.3) is 11.4 Å². The zero-order valence-corrected chi connectivity index (χ0v) is 11.2. The topological polar surface area (TPSA) is 59.2 Å². The molecule has 0 saturated heterocycles. The van der Waals surface area contributed by atoms with E-state index in [1.807, 2.05) is 6.92 Å². The highest BCUT2D eigenvalue weighted by molar-refractivity contribution is 5.59. The molecule has 0 spiro atoms. The minimum Gasteiger partial charge on any atom is -0.393 e. The van der Waals surface area contributed by atoms with Crippen LogP contribution in [0, 0.1) is 12.7 Å². The summed E-state index contributed by atoms with van der Waals surface area (Å²) < 4.78 is 18.3. The number of halogens is 1. The van der Waals surface area contributed by atoms with Gasteiger partial charge in [0, 0.05) is 5.56 Å². The largest absolute Gasteiger partial charge is 0.393 e. The predicted molar refractivity (Wildman–Crippen MR) is 69.1 cm³/mol. The molecule has 0 aliphatic heterocycles. The first-order chi connectivity index (χ1) is 9.02. The summed E-state index contributed by atoms with van der Waals surface area (Å²) in [5.74, 6) is 0.366. The summed E-state index contributed by atoms with van der Waals surface area (Å²) in [6.07, 6.45) is 0.162. The van der Waals surface area contributed by atoms with E-state index >= 15 is 0 Å². The molecule has 2 aromatic rings. The van der Waals surface area contributed by atoms with Gasteiger partial charge in [-0.1, -0.05) is 12.1 Å². The van der Waals surface area contributed by atoms with Crippen molar-refractivity contribution < 1.29 is 14.0 Å². The highest BCUT2D eigenvalue weighted by Crippen LogP contribution is 2.26. The van der Waals surface area contributed by atoms with E-state index in [9.17, 15) is 9.50 Å². The van der Waals surface area contributed by atoms with E-state index in [-0.39, 0.29) is 11.7 Å². The van der Waals surface area contributed by atoms with Gasteiger partial charge < -0.3 is 9.63 Å². The average molecular weight is 264 g/mol. The average Bonchev–Trinajstić information content (AvgIpc) is 2.78. The SMILES string of the molecule is CCC(c1nc(-c2ccc(F)cc2C)no1)C(C)O. The van der Waals surface area contributed by atoms with Gasteiger partial charge in [0.25, 0.3) is 0 Å². The Balaban J connectivity index is 2.35. The van der Waals surface area contributed by atoms with Crippen molar-refractivity contribution in [2.45, 2.75) is 39.2 Å². The molecular formula is C14H17FN2O2. The summed E-state index contributed by atoms with van der Waals surface area (Å²) in [5, 5.41) is 13.6. The maximum atomic E-state index is 13.1. The first-order valence-corrected chi connectivity index (χ1v) is 6.31. The second-order valence-corrected chi connectivity index (χ2v) is 4.67. The van der Waals surface area contributed by atoms with Gasteiger partial charge >= 0.3 is 0 Å². The van der Waals surface area contributed by atoms with Crippen LogP contribution in [0.2, 0.25) is 0 Å². The van der Waals surface area contributed by atoms with Crippen molar-refractivity contribution in [2.24, 2.45) is 0 Å². The van der Waals surface area contributed by atoms with Gasteiger partial charge in [0.1, 0.15) is 5.82 Å². The third kappa shape index (κ3) is 2.81. The summed E-state index contributed by atoms with van der Waals surface area (Å²) in [5.41, 5.74) is 1.48. The molecule has 2 atom stereocenters. The molecule has 0 bridgehead atoms. The van der Waals surface area contributed by atoms with Crippen molar-refractivity contribution in [1.82, 2.24) is 10.1 Å². The van der Waals surface area contributed by atoms with E-state index in [1.165, 1.54) is 12.1 Å². The van der Waals surface area contributed by atoms with Crippen LogP contribution in [-0.4, -0.2) is 21.4 Å².